The van der Waals surface area contributed by atoms with Crippen LogP contribution in [0.5, 0.6) is 0 Å². The van der Waals surface area contributed by atoms with Crippen molar-refractivity contribution in [3.63, 3.8) is 0 Å². The quantitative estimate of drug-likeness (QED) is 0.737. The minimum Gasteiger partial charge on any atom is -0.481 e. The lowest BCUT2D eigenvalue weighted by Crippen LogP contribution is -2.72. The lowest BCUT2D eigenvalue weighted by atomic mass is 9.86. The number of carbonyl (C=O) groups is 3. The lowest BCUT2D eigenvalue weighted by Gasteiger charge is -2.49. The molecule has 8 heteroatoms. The van der Waals surface area contributed by atoms with Crippen LogP contribution < -0.4 is 5.32 Å². The molecule has 0 radical (unpaired) electrons. The van der Waals surface area contributed by atoms with Gasteiger partial charge in [0.1, 0.15) is 5.60 Å². The van der Waals surface area contributed by atoms with Gasteiger partial charge in [-0.15, -0.1) is 0 Å². The third-order valence-corrected chi connectivity index (χ3v) is 3.64. The van der Waals surface area contributed by atoms with E-state index in [1.165, 1.54) is 4.90 Å². The Kier molecular flexibility index (Phi) is 5.98. The Morgan fingerprint density at radius 2 is 1.87 bits per heavy atom. The highest BCUT2D eigenvalue weighted by Gasteiger charge is 2.47. The van der Waals surface area contributed by atoms with E-state index in [-0.39, 0.29) is 32.0 Å². The average molecular weight is 329 g/mol. The first-order valence-electron chi connectivity index (χ1n) is 7.67. The molecule has 1 fully saturated rings. The fraction of sp³-hybridized carbons (Fsp3) is 0.800. The minimum atomic E-state index is -0.974. The largest absolute Gasteiger partial charge is 0.481 e. The summed E-state index contributed by atoms with van der Waals surface area (Å²) >= 11 is 0. The maximum absolute atomic E-state index is 12.0. The van der Waals surface area contributed by atoms with Crippen molar-refractivity contribution in [1.82, 2.24) is 15.1 Å². The molecule has 0 aromatic rings. The smallest absolute Gasteiger partial charge is 0.410 e. The van der Waals surface area contributed by atoms with Gasteiger partial charge in [0.15, 0.2) is 0 Å². The monoisotopic (exact) mass is 329 g/mol. The summed E-state index contributed by atoms with van der Waals surface area (Å²) in [6.45, 7) is 8.20. The third kappa shape index (κ3) is 5.70. The number of carboxylic acids is 1. The Morgan fingerprint density at radius 3 is 2.30 bits per heavy atom. The molecule has 0 aromatic carbocycles. The number of nitrogens with zero attached hydrogens (tertiary/aromatic N) is 2. The van der Waals surface area contributed by atoms with Crippen molar-refractivity contribution in [1.29, 1.82) is 0 Å². The molecule has 132 valence electrons. The fourth-order valence-electron chi connectivity index (χ4n) is 2.29. The normalized spacial score (nSPS) is 16.5. The van der Waals surface area contributed by atoms with Crippen molar-refractivity contribution in [2.75, 3.05) is 33.2 Å². The number of likely N-dealkylation sites (N-methyl/N-ethyl adjacent to an activating group) is 1. The van der Waals surface area contributed by atoms with Crippen LogP contribution in [0.15, 0.2) is 0 Å². The first kappa shape index (κ1) is 19.2. The van der Waals surface area contributed by atoms with Crippen molar-refractivity contribution < 1.29 is 24.2 Å². The van der Waals surface area contributed by atoms with E-state index in [1.807, 2.05) is 6.92 Å². The summed E-state index contributed by atoms with van der Waals surface area (Å²) in [6.07, 6.45) is -0.632. The summed E-state index contributed by atoms with van der Waals surface area (Å²) in [7, 11) is 1.68. The molecular formula is C15H27N3O5. The van der Waals surface area contributed by atoms with Crippen molar-refractivity contribution in [3.05, 3.63) is 0 Å². The first-order chi connectivity index (χ1) is 10.5. The maximum atomic E-state index is 12.0. The Balaban J connectivity index is 2.61. The van der Waals surface area contributed by atoms with Gasteiger partial charge in [-0.05, 0) is 27.7 Å². The van der Waals surface area contributed by atoms with Crippen LogP contribution in [-0.2, 0) is 14.3 Å². The van der Waals surface area contributed by atoms with Gasteiger partial charge in [-0.3, -0.25) is 14.9 Å². The van der Waals surface area contributed by atoms with E-state index < -0.39 is 23.2 Å². The Labute approximate surface area is 136 Å². The molecule has 0 spiro atoms. The van der Waals surface area contributed by atoms with E-state index in [1.54, 1.807) is 32.7 Å². The fourth-order valence-corrected chi connectivity index (χ4v) is 2.29. The summed E-state index contributed by atoms with van der Waals surface area (Å²) in [5.74, 6) is -1.09. The summed E-state index contributed by atoms with van der Waals surface area (Å²) in [5, 5.41) is 12.1. The molecule has 1 aliphatic heterocycles. The van der Waals surface area contributed by atoms with Crippen LogP contribution in [-0.4, -0.2) is 77.2 Å². The van der Waals surface area contributed by atoms with Gasteiger partial charge in [0, 0.05) is 26.7 Å². The summed E-state index contributed by atoms with van der Waals surface area (Å²) in [5.41, 5.74) is -1.39. The van der Waals surface area contributed by atoms with Crippen molar-refractivity contribution in [2.24, 2.45) is 0 Å². The van der Waals surface area contributed by atoms with Crippen LogP contribution in [0, 0.1) is 0 Å². The molecule has 2 N–H and O–H groups in total. The molecule has 0 saturated carbocycles. The number of aliphatic carboxylic acids is 1. The van der Waals surface area contributed by atoms with Gasteiger partial charge < -0.3 is 19.6 Å². The van der Waals surface area contributed by atoms with Gasteiger partial charge in [-0.1, -0.05) is 0 Å². The van der Waals surface area contributed by atoms with Gasteiger partial charge in [-0.25, -0.2) is 4.79 Å². The number of rotatable bonds is 6. The zero-order valence-electron chi connectivity index (χ0n) is 14.5. The number of hydrogen-bond donors (Lipinski definition) is 2. The van der Waals surface area contributed by atoms with Gasteiger partial charge in [0.05, 0.1) is 18.5 Å². The third-order valence-electron chi connectivity index (χ3n) is 3.64. The van der Waals surface area contributed by atoms with Crippen LogP contribution in [0.25, 0.3) is 0 Å². The zero-order valence-corrected chi connectivity index (χ0v) is 14.5. The number of hydrogen-bond acceptors (Lipinski definition) is 5. The number of nitrogens with one attached hydrogen (secondary N) is 1. The van der Waals surface area contributed by atoms with E-state index in [0.717, 1.165) is 0 Å². The zero-order chi connectivity index (χ0) is 17.8. The second-order valence-corrected chi connectivity index (χ2v) is 6.95. The Hall–Kier alpha value is -1.83. The number of amides is 2. The molecule has 0 aromatic heterocycles. The second-order valence-electron chi connectivity index (χ2n) is 6.95. The summed E-state index contributed by atoms with van der Waals surface area (Å²) < 4.78 is 5.26. The lowest BCUT2D eigenvalue weighted by molar-refractivity contribution is -0.142. The molecule has 1 heterocycles. The molecule has 23 heavy (non-hydrogen) atoms. The standard InChI is InChI=1S/C15H27N3O5/c1-6-17(5)11(19)8-16-15(7-12(20)21)9-18(10-15)13(22)23-14(2,3)4/h16H,6-10H2,1-5H3,(H,20,21). The highest BCUT2D eigenvalue weighted by molar-refractivity contribution is 5.78. The SMILES string of the molecule is CCN(C)C(=O)CNC1(CC(=O)O)CN(C(=O)OC(C)(C)C)C1. The Morgan fingerprint density at radius 1 is 1.30 bits per heavy atom. The molecule has 1 rings (SSSR count). The summed E-state index contributed by atoms with van der Waals surface area (Å²) in [6, 6.07) is 0. The van der Waals surface area contributed by atoms with Crippen molar-refractivity contribution in [2.45, 2.75) is 45.3 Å². The van der Waals surface area contributed by atoms with E-state index in [4.69, 9.17) is 9.84 Å². The Bertz CT molecular complexity index is 466. The van der Waals surface area contributed by atoms with Crippen LogP contribution in [0.1, 0.15) is 34.1 Å². The van der Waals surface area contributed by atoms with Crippen LogP contribution >= 0.6 is 0 Å². The highest BCUT2D eigenvalue weighted by Crippen LogP contribution is 2.26. The van der Waals surface area contributed by atoms with E-state index in [9.17, 15) is 14.4 Å². The van der Waals surface area contributed by atoms with Gasteiger partial charge in [0.2, 0.25) is 5.91 Å². The predicted molar refractivity (Wildman–Crippen MR) is 84.1 cm³/mol. The number of carbonyl (C=O) groups excluding carboxylic acids is 2. The molecule has 0 atom stereocenters. The van der Waals surface area contributed by atoms with Crippen LogP contribution in [0.4, 0.5) is 4.79 Å². The van der Waals surface area contributed by atoms with Gasteiger partial charge in [-0.2, -0.15) is 0 Å². The molecule has 1 aliphatic rings. The summed E-state index contributed by atoms with van der Waals surface area (Å²) in [4.78, 5) is 37.9. The first-order valence-corrected chi connectivity index (χ1v) is 7.67. The highest BCUT2D eigenvalue weighted by atomic mass is 16.6. The van der Waals surface area contributed by atoms with Gasteiger partial charge in [0.25, 0.3) is 0 Å². The second kappa shape index (κ2) is 7.16. The maximum Gasteiger partial charge on any atom is 0.410 e. The topological polar surface area (TPSA) is 99.2 Å². The average Bonchev–Trinajstić information content (AvgIpc) is 2.36. The minimum absolute atomic E-state index is 0.0414. The van der Waals surface area contributed by atoms with Crippen molar-refractivity contribution in [3.8, 4) is 0 Å². The predicted octanol–water partition coefficient (Wildman–Crippen LogP) is 0.519. The van der Waals surface area contributed by atoms with Crippen LogP contribution in [0.3, 0.4) is 0 Å². The number of likely N-dealkylation sites (tertiary alicyclic amines) is 1. The molecule has 2 amide bonds. The van der Waals surface area contributed by atoms with Crippen molar-refractivity contribution >= 4 is 18.0 Å². The molecular weight excluding hydrogens is 302 g/mol. The van der Waals surface area contributed by atoms with Gasteiger partial charge >= 0.3 is 12.1 Å². The molecule has 0 bridgehead atoms. The molecule has 8 nitrogen and oxygen atoms in total. The molecule has 0 aliphatic carbocycles. The van der Waals surface area contributed by atoms with Crippen LogP contribution in [0.2, 0.25) is 0 Å². The number of ether oxygens (including phenoxy) is 1. The van der Waals surface area contributed by atoms with E-state index >= 15 is 0 Å². The molecule has 0 unspecified atom stereocenters. The van der Waals surface area contributed by atoms with E-state index in [0.29, 0.717) is 6.54 Å². The number of carboxylic acid groups (broad SMARTS) is 1. The molecule has 1 saturated heterocycles. The van der Waals surface area contributed by atoms with E-state index in [2.05, 4.69) is 5.32 Å².